The Morgan fingerprint density at radius 2 is 1.73 bits per heavy atom. The highest BCUT2D eigenvalue weighted by Crippen LogP contribution is 2.22. The topological polar surface area (TPSA) is 62.7 Å². The van der Waals surface area contributed by atoms with E-state index < -0.39 is 0 Å². The van der Waals surface area contributed by atoms with Crippen molar-refractivity contribution in [1.82, 2.24) is 5.43 Å². The molecule has 5 heteroatoms. The van der Waals surface area contributed by atoms with Gasteiger partial charge >= 0.3 is 0 Å². The highest BCUT2D eigenvalue weighted by atomic mass is 16.5. The molecule has 0 spiro atoms. The maximum absolute atomic E-state index is 12.1. The average Bonchev–Trinajstić information content (AvgIpc) is 2.70. The Bertz CT molecular complexity index is 928. The Hall–Kier alpha value is -3.34. The summed E-state index contributed by atoms with van der Waals surface area (Å²) < 4.78 is 5.13. The molecule has 3 aromatic carbocycles. The SMILES string of the molecule is COc1ccc(/C(C)=N\NC(=O)CNc2cccc3ccccc23)cc1. The first-order valence-corrected chi connectivity index (χ1v) is 8.36. The van der Waals surface area contributed by atoms with Crippen molar-refractivity contribution in [2.75, 3.05) is 19.0 Å². The lowest BCUT2D eigenvalue weighted by molar-refractivity contribution is -0.119. The molecule has 0 aliphatic heterocycles. The molecule has 3 rings (SSSR count). The average molecular weight is 347 g/mol. The number of hydrogen-bond donors (Lipinski definition) is 2. The van der Waals surface area contributed by atoms with E-state index in [2.05, 4.69) is 15.8 Å². The fraction of sp³-hybridized carbons (Fsp3) is 0.143. The lowest BCUT2D eigenvalue weighted by Gasteiger charge is -2.09. The fourth-order valence-electron chi connectivity index (χ4n) is 2.64. The van der Waals surface area contributed by atoms with Gasteiger partial charge in [-0.15, -0.1) is 0 Å². The van der Waals surface area contributed by atoms with Crippen LogP contribution in [-0.4, -0.2) is 25.3 Å². The predicted molar refractivity (Wildman–Crippen MR) is 106 cm³/mol. The van der Waals surface area contributed by atoms with Gasteiger partial charge in [-0.1, -0.05) is 36.4 Å². The molecule has 0 aromatic heterocycles. The van der Waals surface area contributed by atoms with Gasteiger partial charge in [0.05, 0.1) is 19.4 Å². The van der Waals surface area contributed by atoms with Crippen LogP contribution in [-0.2, 0) is 4.79 Å². The molecule has 5 nitrogen and oxygen atoms in total. The molecule has 132 valence electrons. The number of amides is 1. The van der Waals surface area contributed by atoms with Crippen LogP contribution in [0.5, 0.6) is 5.75 Å². The van der Waals surface area contributed by atoms with Gasteiger partial charge in [0, 0.05) is 11.1 Å². The van der Waals surface area contributed by atoms with Crippen LogP contribution in [0.25, 0.3) is 10.8 Å². The lowest BCUT2D eigenvalue weighted by Crippen LogP contribution is -2.26. The van der Waals surface area contributed by atoms with E-state index in [1.807, 2.05) is 73.7 Å². The van der Waals surface area contributed by atoms with Gasteiger partial charge in [0.1, 0.15) is 5.75 Å². The Balaban J connectivity index is 1.59. The number of nitrogens with one attached hydrogen (secondary N) is 2. The molecule has 0 aliphatic rings. The first-order chi connectivity index (χ1) is 12.7. The van der Waals surface area contributed by atoms with Crippen molar-refractivity contribution in [3.63, 3.8) is 0 Å². The summed E-state index contributed by atoms with van der Waals surface area (Å²) in [5.74, 6) is 0.579. The van der Waals surface area contributed by atoms with Crippen LogP contribution in [0.15, 0.2) is 71.8 Å². The van der Waals surface area contributed by atoms with Gasteiger partial charge < -0.3 is 10.1 Å². The number of fused-ring (bicyclic) bond motifs is 1. The van der Waals surface area contributed by atoms with Crippen LogP contribution in [0.2, 0.25) is 0 Å². The predicted octanol–water partition coefficient (Wildman–Crippen LogP) is 3.80. The zero-order valence-corrected chi connectivity index (χ0v) is 14.8. The van der Waals surface area contributed by atoms with Crippen molar-refractivity contribution in [3.05, 3.63) is 72.3 Å². The Morgan fingerprint density at radius 1 is 1.00 bits per heavy atom. The highest BCUT2D eigenvalue weighted by Gasteiger charge is 2.04. The number of carbonyl (C=O) groups is 1. The molecular weight excluding hydrogens is 326 g/mol. The van der Waals surface area contributed by atoms with Gasteiger partial charge in [-0.25, -0.2) is 5.43 Å². The molecular formula is C21H21N3O2. The quantitative estimate of drug-likeness (QED) is 0.527. The summed E-state index contributed by atoms with van der Waals surface area (Å²) in [5.41, 5.74) is 5.16. The highest BCUT2D eigenvalue weighted by molar-refractivity contribution is 5.99. The number of rotatable bonds is 6. The second-order valence-electron chi connectivity index (χ2n) is 5.84. The van der Waals surface area contributed by atoms with Crippen molar-refractivity contribution < 1.29 is 9.53 Å². The first-order valence-electron chi connectivity index (χ1n) is 8.36. The number of methoxy groups -OCH3 is 1. The summed E-state index contributed by atoms with van der Waals surface area (Å²) in [7, 11) is 1.62. The van der Waals surface area contributed by atoms with Gasteiger partial charge in [0.25, 0.3) is 5.91 Å². The summed E-state index contributed by atoms with van der Waals surface area (Å²) >= 11 is 0. The molecule has 0 saturated carbocycles. The normalized spacial score (nSPS) is 11.2. The maximum Gasteiger partial charge on any atom is 0.259 e. The third-order valence-corrected chi connectivity index (χ3v) is 4.09. The van der Waals surface area contributed by atoms with Gasteiger partial charge in [0.15, 0.2) is 0 Å². The van der Waals surface area contributed by atoms with Crippen LogP contribution < -0.4 is 15.5 Å². The second-order valence-corrected chi connectivity index (χ2v) is 5.84. The van der Waals surface area contributed by atoms with Crippen molar-refractivity contribution in [1.29, 1.82) is 0 Å². The largest absolute Gasteiger partial charge is 0.497 e. The first kappa shape index (κ1) is 17.5. The van der Waals surface area contributed by atoms with E-state index in [-0.39, 0.29) is 12.5 Å². The second kappa shape index (κ2) is 8.16. The minimum Gasteiger partial charge on any atom is -0.497 e. The van der Waals surface area contributed by atoms with Gasteiger partial charge in [0.2, 0.25) is 0 Å². The van der Waals surface area contributed by atoms with E-state index in [0.717, 1.165) is 33.5 Å². The van der Waals surface area contributed by atoms with E-state index in [1.54, 1.807) is 7.11 Å². The van der Waals surface area contributed by atoms with Crippen molar-refractivity contribution in [2.45, 2.75) is 6.92 Å². The summed E-state index contributed by atoms with van der Waals surface area (Å²) in [4.78, 5) is 12.1. The third-order valence-electron chi connectivity index (χ3n) is 4.09. The molecule has 1 amide bonds. The molecule has 0 unspecified atom stereocenters. The van der Waals surface area contributed by atoms with Crippen LogP contribution >= 0.6 is 0 Å². The number of anilines is 1. The Morgan fingerprint density at radius 3 is 2.50 bits per heavy atom. The van der Waals surface area contributed by atoms with Crippen molar-refractivity contribution >= 4 is 28.1 Å². The third kappa shape index (κ3) is 4.19. The molecule has 2 N–H and O–H groups in total. The Kier molecular flexibility index (Phi) is 5.49. The van der Waals surface area contributed by atoms with Gasteiger partial charge in [-0.3, -0.25) is 4.79 Å². The summed E-state index contributed by atoms with van der Waals surface area (Å²) in [6, 6.07) is 21.5. The number of hydrogen-bond acceptors (Lipinski definition) is 4. The number of ether oxygens (including phenoxy) is 1. The van der Waals surface area contributed by atoms with E-state index in [9.17, 15) is 4.79 Å². The Labute approximate surface area is 152 Å². The fourth-order valence-corrected chi connectivity index (χ4v) is 2.64. The summed E-state index contributed by atoms with van der Waals surface area (Å²) in [6.45, 7) is 1.99. The van der Waals surface area contributed by atoms with E-state index in [4.69, 9.17) is 4.74 Å². The monoisotopic (exact) mass is 347 g/mol. The molecule has 0 heterocycles. The minimum absolute atomic E-state index is 0.146. The van der Waals surface area contributed by atoms with Gasteiger partial charge in [-0.2, -0.15) is 5.10 Å². The lowest BCUT2D eigenvalue weighted by atomic mass is 10.1. The smallest absolute Gasteiger partial charge is 0.259 e. The van der Waals surface area contributed by atoms with Crippen molar-refractivity contribution in [2.24, 2.45) is 5.10 Å². The van der Waals surface area contributed by atoms with E-state index >= 15 is 0 Å². The number of hydrazone groups is 1. The molecule has 0 saturated heterocycles. The minimum atomic E-state index is -0.203. The van der Waals surface area contributed by atoms with Crippen LogP contribution in [0.4, 0.5) is 5.69 Å². The number of nitrogens with zero attached hydrogens (tertiary/aromatic N) is 1. The molecule has 0 bridgehead atoms. The zero-order chi connectivity index (χ0) is 18.4. The standard InChI is InChI=1S/C21H21N3O2/c1-15(16-10-12-18(26-2)13-11-16)23-24-21(25)14-22-20-9-5-7-17-6-3-4-8-19(17)20/h3-13,22H,14H2,1-2H3,(H,24,25)/b23-15-. The number of benzene rings is 3. The molecule has 0 atom stereocenters. The molecule has 0 aliphatic carbocycles. The van der Waals surface area contributed by atoms with Crippen LogP contribution in [0.1, 0.15) is 12.5 Å². The van der Waals surface area contributed by atoms with Crippen LogP contribution in [0.3, 0.4) is 0 Å². The molecule has 3 aromatic rings. The van der Waals surface area contributed by atoms with E-state index in [1.165, 1.54) is 0 Å². The summed E-state index contributed by atoms with van der Waals surface area (Å²) in [5, 5.41) is 9.54. The molecule has 0 radical (unpaired) electrons. The van der Waals surface area contributed by atoms with E-state index in [0.29, 0.717) is 0 Å². The van der Waals surface area contributed by atoms with Crippen molar-refractivity contribution in [3.8, 4) is 5.75 Å². The maximum atomic E-state index is 12.1. The molecule has 26 heavy (non-hydrogen) atoms. The zero-order valence-electron chi connectivity index (χ0n) is 14.8. The molecule has 0 fully saturated rings. The van der Waals surface area contributed by atoms with Gasteiger partial charge in [-0.05, 0) is 48.2 Å². The summed E-state index contributed by atoms with van der Waals surface area (Å²) in [6.07, 6.45) is 0. The number of carbonyl (C=O) groups excluding carboxylic acids is 1. The van der Waals surface area contributed by atoms with Crippen LogP contribution in [0, 0.1) is 0 Å².